The number of hydrogen-bond donors (Lipinski definition) is 1. The molecule has 0 aliphatic heterocycles. The van der Waals surface area contributed by atoms with Gasteiger partial charge < -0.3 is 9.72 Å². The van der Waals surface area contributed by atoms with Crippen LogP contribution in [0.2, 0.25) is 5.02 Å². The van der Waals surface area contributed by atoms with Crippen LogP contribution in [0, 0.1) is 0 Å². The summed E-state index contributed by atoms with van der Waals surface area (Å²) in [6, 6.07) is 5.80. The molecule has 8 nitrogen and oxygen atoms in total. The Morgan fingerprint density at radius 1 is 1.29 bits per heavy atom. The van der Waals surface area contributed by atoms with Crippen LogP contribution in [0.3, 0.4) is 0 Å². The minimum absolute atomic E-state index is 0.0754. The lowest BCUT2D eigenvalue weighted by molar-refractivity contribution is 0.300. The number of fused-ring (bicyclic) bond motifs is 3. The minimum Gasteiger partial charge on any atom is -0.491 e. The SMILES string of the molecule is CCS(=O)(=O)C1=CCCC(c2ccc(OCCCn3ccnn3)c3[nH]c4ncc(Cl)cc4c23)=C1. The molecule has 0 saturated carbocycles. The predicted molar refractivity (Wildman–Crippen MR) is 133 cm³/mol. The summed E-state index contributed by atoms with van der Waals surface area (Å²) in [5.41, 5.74) is 3.45. The fraction of sp³-hybridized carbons (Fsp3) is 0.292. The molecule has 0 fully saturated rings. The number of aromatic amines is 1. The highest BCUT2D eigenvalue weighted by Crippen LogP contribution is 2.40. The molecule has 5 rings (SSSR count). The van der Waals surface area contributed by atoms with Gasteiger partial charge in [0, 0.05) is 36.1 Å². The monoisotopic (exact) mass is 497 g/mol. The predicted octanol–water partition coefficient (Wildman–Crippen LogP) is 4.93. The van der Waals surface area contributed by atoms with Crippen LogP contribution in [-0.4, -0.2) is 45.7 Å². The molecule has 176 valence electrons. The molecular formula is C24H24ClN5O3S. The van der Waals surface area contributed by atoms with Gasteiger partial charge in [0.05, 0.1) is 34.0 Å². The van der Waals surface area contributed by atoms with Gasteiger partial charge in [0.2, 0.25) is 0 Å². The fourth-order valence-corrected chi connectivity index (χ4v) is 5.44. The van der Waals surface area contributed by atoms with Crippen LogP contribution in [0.25, 0.3) is 27.5 Å². The van der Waals surface area contributed by atoms with E-state index >= 15 is 0 Å². The zero-order valence-electron chi connectivity index (χ0n) is 18.7. The lowest BCUT2D eigenvalue weighted by Crippen LogP contribution is -2.08. The number of aromatic nitrogens is 5. The van der Waals surface area contributed by atoms with Gasteiger partial charge in [-0.15, -0.1) is 5.10 Å². The van der Waals surface area contributed by atoms with Gasteiger partial charge in [0.25, 0.3) is 0 Å². The minimum atomic E-state index is -3.29. The van der Waals surface area contributed by atoms with E-state index in [-0.39, 0.29) is 5.75 Å². The summed E-state index contributed by atoms with van der Waals surface area (Å²) in [6.07, 6.45) is 10.9. The molecule has 3 aromatic heterocycles. The summed E-state index contributed by atoms with van der Waals surface area (Å²) in [5, 5.41) is 10.1. The zero-order chi connectivity index (χ0) is 23.7. The Hall–Kier alpha value is -3.17. The molecule has 0 radical (unpaired) electrons. The van der Waals surface area contributed by atoms with Crippen LogP contribution in [0.15, 0.2) is 53.8 Å². The van der Waals surface area contributed by atoms with Gasteiger partial charge in [-0.3, -0.25) is 4.68 Å². The number of allylic oxidation sites excluding steroid dienone is 3. The molecular weight excluding hydrogens is 474 g/mol. The van der Waals surface area contributed by atoms with Crippen molar-refractivity contribution in [2.75, 3.05) is 12.4 Å². The molecule has 1 aliphatic rings. The number of nitrogens with zero attached hydrogens (tertiary/aromatic N) is 4. The first-order valence-electron chi connectivity index (χ1n) is 11.2. The molecule has 0 unspecified atom stereocenters. The summed E-state index contributed by atoms with van der Waals surface area (Å²) in [5.74, 6) is 0.784. The van der Waals surface area contributed by atoms with E-state index in [2.05, 4.69) is 20.3 Å². The van der Waals surface area contributed by atoms with Crippen molar-refractivity contribution in [3.8, 4) is 5.75 Å². The average Bonchev–Trinajstić information content (AvgIpc) is 3.50. The van der Waals surface area contributed by atoms with Crippen LogP contribution < -0.4 is 4.74 Å². The second kappa shape index (κ2) is 9.23. The van der Waals surface area contributed by atoms with E-state index in [1.165, 1.54) is 0 Å². The highest BCUT2D eigenvalue weighted by molar-refractivity contribution is 7.95. The van der Waals surface area contributed by atoms with Crippen molar-refractivity contribution in [2.24, 2.45) is 0 Å². The first-order valence-corrected chi connectivity index (χ1v) is 13.2. The Kier molecular flexibility index (Phi) is 6.14. The maximum atomic E-state index is 12.5. The van der Waals surface area contributed by atoms with Crippen molar-refractivity contribution in [1.82, 2.24) is 25.0 Å². The molecule has 3 heterocycles. The van der Waals surface area contributed by atoms with Gasteiger partial charge in [-0.2, -0.15) is 0 Å². The molecule has 0 bridgehead atoms. The van der Waals surface area contributed by atoms with E-state index in [0.29, 0.717) is 40.9 Å². The molecule has 1 N–H and O–H groups in total. The number of H-pyrrole nitrogens is 1. The second-order valence-electron chi connectivity index (χ2n) is 8.12. The molecule has 10 heteroatoms. The van der Waals surface area contributed by atoms with E-state index < -0.39 is 9.84 Å². The van der Waals surface area contributed by atoms with Gasteiger partial charge in [0.15, 0.2) is 9.84 Å². The average molecular weight is 498 g/mol. The summed E-state index contributed by atoms with van der Waals surface area (Å²) >= 11 is 6.28. The quantitative estimate of drug-likeness (QED) is 0.346. The third-order valence-corrected chi connectivity index (χ3v) is 7.93. The lowest BCUT2D eigenvalue weighted by Gasteiger charge is -2.16. The number of rotatable bonds is 8. The van der Waals surface area contributed by atoms with Crippen molar-refractivity contribution < 1.29 is 13.2 Å². The maximum absolute atomic E-state index is 12.5. The number of pyridine rings is 1. The Morgan fingerprint density at radius 3 is 2.97 bits per heavy atom. The van der Waals surface area contributed by atoms with E-state index in [4.69, 9.17) is 16.3 Å². The summed E-state index contributed by atoms with van der Waals surface area (Å²) in [7, 11) is -3.29. The van der Waals surface area contributed by atoms with Crippen molar-refractivity contribution >= 4 is 48.9 Å². The first-order chi connectivity index (χ1) is 16.5. The molecule has 0 saturated heterocycles. The van der Waals surface area contributed by atoms with Crippen molar-refractivity contribution in [2.45, 2.75) is 32.7 Å². The Balaban J connectivity index is 1.55. The van der Waals surface area contributed by atoms with Crippen LogP contribution in [-0.2, 0) is 16.4 Å². The van der Waals surface area contributed by atoms with Gasteiger partial charge in [0.1, 0.15) is 11.4 Å². The molecule has 34 heavy (non-hydrogen) atoms. The van der Waals surface area contributed by atoms with Crippen molar-refractivity contribution in [3.63, 3.8) is 0 Å². The largest absolute Gasteiger partial charge is 0.491 e. The Morgan fingerprint density at radius 2 is 2.18 bits per heavy atom. The van der Waals surface area contributed by atoms with E-state index in [0.717, 1.165) is 40.3 Å². The summed E-state index contributed by atoms with van der Waals surface area (Å²) in [6.45, 7) is 2.88. The summed E-state index contributed by atoms with van der Waals surface area (Å²) in [4.78, 5) is 8.22. The number of nitrogens with one attached hydrogen (secondary N) is 1. The number of benzene rings is 1. The smallest absolute Gasteiger partial charge is 0.177 e. The van der Waals surface area contributed by atoms with Crippen molar-refractivity contribution in [1.29, 1.82) is 0 Å². The number of sulfone groups is 1. The highest BCUT2D eigenvalue weighted by atomic mass is 35.5. The Bertz CT molecular complexity index is 1520. The first kappa shape index (κ1) is 22.6. The highest BCUT2D eigenvalue weighted by Gasteiger charge is 2.21. The molecule has 0 spiro atoms. The Labute approximate surface area is 202 Å². The third-order valence-electron chi connectivity index (χ3n) is 5.96. The van der Waals surface area contributed by atoms with Gasteiger partial charge >= 0.3 is 0 Å². The van der Waals surface area contributed by atoms with E-state index in [9.17, 15) is 8.42 Å². The van der Waals surface area contributed by atoms with Crippen LogP contribution in [0.1, 0.15) is 31.7 Å². The van der Waals surface area contributed by atoms with Crippen molar-refractivity contribution in [3.05, 3.63) is 64.4 Å². The molecule has 0 amide bonds. The third kappa shape index (κ3) is 4.33. The van der Waals surface area contributed by atoms with Gasteiger partial charge in [-0.1, -0.05) is 35.9 Å². The molecule has 1 aromatic carbocycles. The normalized spacial score (nSPS) is 14.4. The lowest BCUT2D eigenvalue weighted by atomic mass is 9.93. The summed E-state index contributed by atoms with van der Waals surface area (Å²) < 4.78 is 32.9. The van der Waals surface area contributed by atoms with Crippen LogP contribution in [0.5, 0.6) is 5.75 Å². The standard InChI is InChI=1S/C24H24ClN5O3S/c1-2-34(31,32)18-6-3-5-16(13-18)19-7-8-21(33-12-4-10-30-11-9-27-29-30)23-22(19)20-14-17(25)15-26-24(20)28-23/h6-9,11,13-15H,2-5,10,12H2,1H3,(H,26,28). The van der Waals surface area contributed by atoms with E-state index in [1.54, 1.807) is 36.2 Å². The maximum Gasteiger partial charge on any atom is 0.177 e. The number of ether oxygens (including phenoxy) is 1. The van der Waals surface area contributed by atoms with Gasteiger partial charge in [-0.25, -0.2) is 13.4 Å². The fourth-order valence-electron chi connectivity index (χ4n) is 4.25. The van der Waals surface area contributed by atoms with Crippen LogP contribution in [0.4, 0.5) is 0 Å². The van der Waals surface area contributed by atoms with E-state index in [1.807, 2.05) is 24.4 Å². The second-order valence-corrected chi connectivity index (χ2v) is 10.8. The topological polar surface area (TPSA) is 103 Å². The molecule has 1 aliphatic carbocycles. The number of halogens is 1. The number of hydrogen-bond acceptors (Lipinski definition) is 6. The van der Waals surface area contributed by atoms with Crippen LogP contribution >= 0.6 is 11.6 Å². The zero-order valence-corrected chi connectivity index (χ0v) is 20.2. The molecule has 0 atom stereocenters. The number of aryl methyl sites for hydroxylation is 1. The van der Waals surface area contributed by atoms with Gasteiger partial charge in [-0.05, 0) is 42.2 Å². The molecule has 4 aromatic rings.